The Morgan fingerprint density at radius 1 is 1.13 bits per heavy atom. The fourth-order valence-electron chi connectivity index (χ4n) is 2.71. The van der Waals surface area contributed by atoms with Crippen LogP contribution >= 0.6 is 11.6 Å². The molecule has 0 saturated carbocycles. The maximum absolute atomic E-state index is 13.1. The first kappa shape index (κ1) is 21.3. The summed E-state index contributed by atoms with van der Waals surface area (Å²) in [5.41, 5.74) is 1.28. The normalized spacial score (nSPS) is 11.5. The molecule has 0 radical (unpaired) electrons. The Morgan fingerprint density at radius 2 is 1.93 bits per heavy atom. The highest BCUT2D eigenvalue weighted by Crippen LogP contribution is 2.28. The topological polar surface area (TPSA) is 77.5 Å². The summed E-state index contributed by atoms with van der Waals surface area (Å²) < 4.78 is 23.4. The first-order chi connectivity index (χ1) is 14.4. The molecule has 3 aromatic rings. The zero-order valence-electron chi connectivity index (χ0n) is 16.2. The van der Waals surface area contributed by atoms with E-state index in [0.717, 1.165) is 11.8 Å². The average Bonchev–Trinajstić information content (AvgIpc) is 2.75. The lowest BCUT2D eigenvalue weighted by Gasteiger charge is -2.17. The third kappa shape index (κ3) is 5.12. The molecule has 3 rings (SSSR count). The molecule has 154 valence electrons. The first-order valence-corrected chi connectivity index (χ1v) is 9.33. The Bertz CT molecular complexity index is 1070. The smallest absolute Gasteiger partial charge is 0.337 e. The van der Waals surface area contributed by atoms with Crippen LogP contribution in [0, 0.1) is 5.82 Å². The van der Waals surface area contributed by atoms with E-state index in [1.165, 1.54) is 31.4 Å². The number of esters is 1. The monoisotopic (exact) mass is 428 g/mol. The van der Waals surface area contributed by atoms with Crippen LogP contribution < -0.4 is 10.1 Å². The third-order valence-corrected chi connectivity index (χ3v) is 4.49. The highest BCUT2D eigenvalue weighted by atomic mass is 35.5. The van der Waals surface area contributed by atoms with E-state index in [0.29, 0.717) is 10.6 Å². The highest BCUT2D eigenvalue weighted by Gasteiger charge is 2.18. The Hall–Kier alpha value is -3.45. The molecule has 0 fully saturated rings. The molecule has 8 heteroatoms. The van der Waals surface area contributed by atoms with Crippen LogP contribution in [-0.2, 0) is 4.74 Å². The summed E-state index contributed by atoms with van der Waals surface area (Å²) in [6.45, 7) is 1.78. The van der Waals surface area contributed by atoms with Gasteiger partial charge in [0.05, 0.1) is 30.5 Å². The third-order valence-electron chi connectivity index (χ3n) is 4.26. The van der Waals surface area contributed by atoms with E-state index < -0.39 is 23.7 Å². The molecular formula is C22H18ClFN2O4. The molecule has 1 aromatic heterocycles. The van der Waals surface area contributed by atoms with Crippen LogP contribution in [0.2, 0.25) is 5.02 Å². The molecule has 6 nitrogen and oxygen atoms in total. The number of carbonyl (C=O) groups excluding carboxylic acids is 2. The summed E-state index contributed by atoms with van der Waals surface area (Å²) in [6.07, 6.45) is 1.02. The molecule has 0 unspecified atom stereocenters. The van der Waals surface area contributed by atoms with Crippen molar-refractivity contribution in [3.8, 4) is 11.6 Å². The van der Waals surface area contributed by atoms with Gasteiger partial charge in [0.25, 0.3) is 5.91 Å². The number of amides is 1. The second-order valence-electron chi connectivity index (χ2n) is 6.37. The van der Waals surface area contributed by atoms with Gasteiger partial charge in [-0.2, -0.15) is 0 Å². The molecule has 0 aliphatic carbocycles. The van der Waals surface area contributed by atoms with E-state index in [1.807, 2.05) is 0 Å². The largest absolute Gasteiger partial charge is 0.465 e. The summed E-state index contributed by atoms with van der Waals surface area (Å²) >= 11 is 6.06. The van der Waals surface area contributed by atoms with Crippen molar-refractivity contribution in [1.82, 2.24) is 10.3 Å². The van der Waals surface area contributed by atoms with Crippen LogP contribution in [0.1, 0.15) is 39.2 Å². The van der Waals surface area contributed by atoms with Crippen molar-refractivity contribution in [1.29, 1.82) is 0 Å². The number of hydrogen-bond donors (Lipinski definition) is 1. The van der Waals surface area contributed by atoms with Crippen LogP contribution in [0.25, 0.3) is 0 Å². The van der Waals surface area contributed by atoms with Gasteiger partial charge in [-0.05, 0) is 48.9 Å². The molecule has 1 N–H and O–H groups in total. The summed E-state index contributed by atoms with van der Waals surface area (Å²) in [5.74, 6) is -1.06. The van der Waals surface area contributed by atoms with Gasteiger partial charge in [0.2, 0.25) is 5.88 Å². The number of halogens is 2. The number of nitrogens with zero attached hydrogens (tertiary/aromatic N) is 1. The van der Waals surface area contributed by atoms with Gasteiger partial charge >= 0.3 is 5.97 Å². The molecule has 30 heavy (non-hydrogen) atoms. The number of ether oxygens (including phenoxy) is 2. The van der Waals surface area contributed by atoms with E-state index in [1.54, 1.807) is 37.3 Å². The van der Waals surface area contributed by atoms with E-state index in [-0.39, 0.29) is 17.2 Å². The molecule has 1 atom stereocenters. The number of nitrogens with one attached hydrogen (secondary N) is 1. The van der Waals surface area contributed by atoms with E-state index >= 15 is 0 Å². The predicted molar refractivity (Wildman–Crippen MR) is 109 cm³/mol. The molecule has 0 bridgehead atoms. The molecule has 0 aliphatic rings. The first-order valence-electron chi connectivity index (χ1n) is 8.95. The van der Waals surface area contributed by atoms with Gasteiger partial charge < -0.3 is 14.8 Å². The Labute approximate surface area is 177 Å². The fourth-order valence-corrected chi connectivity index (χ4v) is 2.89. The van der Waals surface area contributed by atoms with Crippen LogP contribution in [0.4, 0.5) is 4.39 Å². The molecule has 2 aromatic carbocycles. The molecule has 0 saturated heterocycles. The van der Waals surface area contributed by atoms with E-state index in [2.05, 4.69) is 10.3 Å². The van der Waals surface area contributed by atoms with Crippen LogP contribution in [0.5, 0.6) is 11.6 Å². The van der Waals surface area contributed by atoms with Crippen molar-refractivity contribution in [2.45, 2.75) is 13.0 Å². The molecule has 0 aliphatic heterocycles. The number of pyridine rings is 1. The zero-order chi connectivity index (χ0) is 21.7. The zero-order valence-corrected chi connectivity index (χ0v) is 16.9. The second kappa shape index (κ2) is 9.37. The SMILES string of the molecule is COC(=O)c1cccc([C@H](C)NC(=O)c2cc(Cl)ccc2Oc2ccc(F)cn2)c1. The quantitative estimate of drug-likeness (QED) is 0.562. The lowest BCUT2D eigenvalue weighted by Crippen LogP contribution is -2.27. The number of aromatic nitrogens is 1. The van der Waals surface area contributed by atoms with E-state index in [4.69, 9.17) is 21.1 Å². The predicted octanol–water partition coefficient (Wildman–Crippen LogP) is 4.94. The number of benzene rings is 2. The molecule has 0 spiro atoms. The van der Waals surface area contributed by atoms with Gasteiger partial charge in [-0.25, -0.2) is 14.2 Å². The summed E-state index contributed by atoms with van der Waals surface area (Å²) in [7, 11) is 1.30. The minimum absolute atomic E-state index is 0.131. The molecule has 1 heterocycles. The van der Waals surface area contributed by atoms with Crippen molar-refractivity contribution in [3.63, 3.8) is 0 Å². The van der Waals surface area contributed by atoms with Gasteiger partial charge in [0.15, 0.2) is 0 Å². The Kier molecular flexibility index (Phi) is 6.64. The lowest BCUT2D eigenvalue weighted by atomic mass is 10.0. The van der Waals surface area contributed by atoms with E-state index in [9.17, 15) is 14.0 Å². The second-order valence-corrected chi connectivity index (χ2v) is 6.81. The summed E-state index contributed by atoms with van der Waals surface area (Å²) in [5, 5.41) is 3.20. The van der Waals surface area contributed by atoms with Crippen LogP contribution in [-0.4, -0.2) is 24.0 Å². The van der Waals surface area contributed by atoms with Crippen molar-refractivity contribution >= 4 is 23.5 Å². The standard InChI is InChI=1S/C22H18ClFN2O4/c1-13(14-4-3-5-15(10-14)22(28)29-2)26-21(27)18-11-16(23)6-8-19(18)30-20-9-7-17(24)12-25-20/h3-13H,1-2H3,(H,26,27)/t13-/m0/s1. The van der Waals surface area contributed by atoms with Gasteiger partial charge in [-0.1, -0.05) is 23.7 Å². The lowest BCUT2D eigenvalue weighted by molar-refractivity contribution is 0.0600. The number of carbonyl (C=O) groups is 2. The van der Waals surface area contributed by atoms with Gasteiger partial charge in [-0.3, -0.25) is 4.79 Å². The minimum Gasteiger partial charge on any atom is -0.465 e. The Morgan fingerprint density at radius 3 is 2.63 bits per heavy atom. The average molecular weight is 429 g/mol. The molecule has 1 amide bonds. The maximum atomic E-state index is 13.1. The highest BCUT2D eigenvalue weighted by molar-refractivity contribution is 6.31. The summed E-state index contributed by atoms with van der Waals surface area (Å²) in [4.78, 5) is 28.5. The number of hydrogen-bond acceptors (Lipinski definition) is 5. The van der Waals surface area contributed by atoms with Crippen molar-refractivity contribution in [3.05, 3.63) is 88.3 Å². The maximum Gasteiger partial charge on any atom is 0.337 e. The van der Waals surface area contributed by atoms with Gasteiger partial charge in [0.1, 0.15) is 11.6 Å². The van der Waals surface area contributed by atoms with Gasteiger partial charge in [-0.15, -0.1) is 0 Å². The molecular weight excluding hydrogens is 411 g/mol. The van der Waals surface area contributed by atoms with Crippen molar-refractivity contribution in [2.75, 3.05) is 7.11 Å². The summed E-state index contributed by atoms with van der Waals surface area (Å²) in [6, 6.07) is 13.5. The fraction of sp³-hybridized carbons (Fsp3) is 0.136. The van der Waals surface area contributed by atoms with Gasteiger partial charge in [0, 0.05) is 11.1 Å². The van der Waals surface area contributed by atoms with Crippen molar-refractivity contribution < 1.29 is 23.5 Å². The van der Waals surface area contributed by atoms with Crippen molar-refractivity contribution in [2.24, 2.45) is 0 Å². The minimum atomic E-state index is -0.501. The Balaban J connectivity index is 1.81. The van der Waals surface area contributed by atoms with Crippen LogP contribution in [0.15, 0.2) is 60.8 Å². The van der Waals surface area contributed by atoms with Crippen LogP contribution in [0.3, 0.4) is 0 Å². The number of rotatable bonds is 6. The number of methoxy groups -OCH3 is 1.